The first-order valence-electron chi connectivity index (χ1n) is 9.89. The van der Waals surface area contributed by atoms with Crippen LogP contribution in [0.3, 0.4) is 0 Å². The van der Waals surface area contributed by atoms with E-state index in [0.29, 0.717) is 23.0 Å². The monoisotopic (exact) mass is 460 g/mol. The number of hydrogen-bond donors (Lipinski definition) is 0. The predicted molar refractivity (Wildman–Crippen MR) is 130 cm³/mol. The fraction of sp³-hybridized carbons (Fsp3) is 0.0769. The van der Waals surface area contributed by atoms with Crippen LogP contribution in [-0.2, 0) is 9.59 Å². The molecule has 0 aliphatic carbocycles. The van der Waals surface area contributed by atoms with Gasteiger partial charge in [-0.15, -0.1) is 11.3 Å². The zero-order valence-corrected chi connectivity index (χ0v) is 18.9. The number of thiophene rings is 1. The molecule has 4 aromatic rings. The summed E-state index contributed by atoms with van der Waals surface area (Å²) >= 11 is 1.49. The number of methoxy groups -OCH3 is 2. The first-order valence-corrected chi connectivity index (χ1v) is 10.7. The number of rotatable bonds is 7. The zero-order chi connectivity index (χ0) is 23.5. The third kappa shape index (κ3) is 4.06. The van der Waals surface area contributed by atoms with Gasteiger partial charge in [0.15, 0.2) is 11.5 Å². The number of benzene rings is 3. The van der Waals surface area contributed by atoms with Gasteiger partial charge in [0.25, 0.3) is 0 Å². The van der Waals surface area contributed by atoms with Crippen molar-refractivity contribution in [3.05, 3.63) is 73.8 Å². The smallest absolute Gasteiger partial charge is 0.335 e. The molecule has 1 heterocycles. The molecule has 33 heavy (non-hydrogen) atoms. The maximum atomic E-state index is 11.7. The van der Waals surface area contributed by atoms with E-state index in [1.807, 2.05) is 30.3 Å². The molecule has 0 saturated carbocycles. The molecule has 0 aliphatic rings. The van der Waals surface area contributed by atoms with Crippen molar-refractivity contribution in [1.82, 2.24) is 0 Å². The molecule has 0 radical (unpaired) electrons. The molecule has 166 valence electrons. The summed E-state index contributed by atoms with van der Waals surface area (Å²) in [4.78, 5) is 23.1. The van der Waals surface area contributed by atoms with E-state index in [9.17, 15) is 9.59 Å². The van der Waals surface area contributed by atoms with Crippen LogP contribution in [0.1, 0.15) is 0 Å². The predicted octanol–water partition coefficient (Wildman–Crippen LogP) is 5.92. The van der Waals surface area contributed by atoms with Crippen LogP contribution < -0.4 is 18.9 Å². The zero-order valence-electron chi connectivity index (χ0n) is 18.0. The standard InChI is InChI=1S/C26H20O6S/c1-5-21(27)31-16-9-7-15(8-10-16)17-11-12-18-19-13-14-20(32-22(28)6-2)24(30-4)26(19)33-25(18)23(17)29-3/h5-14H,1-2H2,3-4H3. The van der Waals surface area contributed by atoms with Gasteiger partial charge in [-0.05, 0) is 35.9 Å². The molecule has 1 aromatic heterocycles. The van der Waals surface area contributed by atoms with E-state index in [0.717, 1.165) is 43.5 Å². The fourth-order valence-corrected chi connectivity index (χ4v) is 4.89. The van der Waals surface area contributed by atoms with E-state index in [4.69, 9.17) is 18.9 Å². The Balaban J connectivity index is 1.84. The van der Waals surface area contributed by atoms with E-state index in [1.54, 1.807) is 25.3 Å². The van der Waals surface area contributed by atoms with Crippen LogP contribution in [0.4, 0.5) is 0 Å². The molecule has 0 atom stereocenters. The van der Waals surface area contributed by atoms with Crippen molar-refractivity contribution < 1.29 is 28.5 Å². The summed E-state index contributed by atoms with van der Waals surface area (Å²) in [5.74, 6) is 0.856. The molecule has 0 unspecified atom stereocenters. The third-order valence-electron chi connectivity index (χ3n) is 5.02. The number of esters is 2. The van der Waals surface area contributed by atoms with Crippen LogP contribution in [0.5, 0.6) is 23.0 Å². The molecule has 6 nitrogen and oxygen atoms in total. The topological polar surface area (TPSA) is 71.1 Å². The lowest BCUT2D eigenvalue weighted by atomic mass is 10.0. The molecule has 0 saturated heterocycles. The molecule has 4 rings (SSSR count). The van der Waals surface area contributed by atoms with Gasteiger partial charge in [-0.3, -0.25) is 0 Å². The van der Waals surface area contributed by atoms with E-state index >= 15 is 0 Å². The Labute approximate surface area is 194 Å². The average molecular weight is 461 g/mol. The molecule has 3 aromatic carbocycles. The van der Waals surface area contributed by atoms with Gasteiger partial charge >= 0.3 is 11.9 Å². The lowest BCUT2D eigenvalue weighted by Crippen LogP contribution is -2.04. The maximum absolute atomic E-state index is 11.7. The summed E-state index contributed by atoms with van der Waals surface area (Å²) in [6.45, 7) is 6.84. The molecule has 0 aliphatic heterocycles. The molecule has 0 spiro atoms. The Morgan fingerprint density at radius 1 is 0.758 bits per heavy atom. The van der Waals surface area contributed by atoms with Crippen molar-refractivity contribution >= 4 is 43.4 Å². The second kappa shape index (κ2) is 9.18. The lowest BCUT2D eigenvalue weighted by molar-refractivity contribution is -0.129. The Morgan fingerprint density at radius 2 is 1.33 bits per heavy atom. The van der Waals surface area contributed by atoms with Crippen molar-refractivity contribution in [1.29, 1.82) is 0 Å². The van der Waals surface area contributed by atoms with Crippen LogP contribution in [0, 0.1) is 0 Å². The summed E-state index contributed by atoms with van der Waals surface area (Å²) in [6, 6.07) is 14.8. The van der Waals surface area contributed by atoms with Crippen molar-refractivity contribution in [2.24, 2.45) is 0 Å². The Bertz CT molecular complexity index is 1400. The molecular weight excluding hydrogens is 440 g/mol. The van der Waals surface area contributed by atoms with Gasteiger partial charge in [0.2, 0.25) is 0 Å². The van der Waals surface area contributed by atoms with Crippen LogP contribution >= 0.6 is 11.3 Å². The number of fused-ring (bicyclic) bond motifs is 3. The highest BCUT2D eigenvalue weighted by atomic mass is 32.1. The Morgan fingerprint density at radius 3 is 1.94 bits per heavy atom. The normalized spacial score (nSPS) is 10.6. The highest BCUT2D eigenvalue weighted by Crippen LogP contribution is 2.49. The molecule has 0 amide bonds. The largest absolute Gasteiger partial charge is 0.495 e. The number of hydrogen-bond acceptors (Lipinski definition) is 7. The van der Waals surface area contributed by atoms with E-state index in [-0.39, 0.29) is 0 Å². The van der Waals surface area contributed by atoms with E-state index in [1.165, 1.54) is 18.4 Å². The third-order valence-corrected chi connectivity index (χ3v) is 6.24. The Hall–Kier alpha value is -4.10. The van der Waals surface area contributed by atoms with Crippen LogP contribution in [0.2, 0.25) is 0 Å². The quantitative estimate of drug-likeness (QED) is 0.194. The van der Waals surface area contributed by atoms with Crippen LogP contribution in [-0.4, -0.2) is 26.2 Å². The summed E-state index contributed by atoms with van der Waals surface area (Å²) in [7, 11) is 3.16. The minimum absolute atomic E-state index is 0.324. The molecule has 0 N–H and O–H groups in total. The van der Waals surface area contributed by atoms with Gasteiger partial charge in [0, 0.05) is 28.5 Å². The Kier molecular flexibility index (Phi) is 6.15. The van der Waals surface area contributed by atoms with E-state index < -0.39 is 11.9 Å². The molecule has 7 heteroatoms. The molecular formula is C26H20O6S. The second-order valence-electron chi connectivity index (χ2n) is 6.87. The minimum Gasteiger partial charge on any atom is -0.495 e. The first kappa shape index (κ1) is 22.1. The maximum Gasteiger partial charge on any atom is 0.335 e. The summed E-state index contributed by atoms with van der Waals surface area (Å²) in [5.41, 5.74) is 1.78. The SMILES string of the molecule is C=CC(=O)Oc1ccc(-c2ccc3c(sc4c(OC)c(OC(=O)C=C)ccc43)c2OC)cc1. The average Bonchev–Trinajstić information content (AvgIpc) is 3.22. The van der Waals surface area contributed by atoms with Gasteiger partial charge < -0.3 is 18.9 Å². The van der Waals surface area contributed by atoms with Crippen LogP contribution in [0.25, 0.3) is 31.3 Å². The summed E-state index contributed by atoms with van der Waals surface area (Å²) < 4.78 is 23.7. The van der Waals surface area contributed by atoms with Crippen molar-refractivity contribution in [3.63, 3.8) is 0 Å². The highest BCUT2D eigenvalue weighted by molar-refractivity contribution is 7.26. The van der Waals surface area contributed by atoms with Gasteiger partial charge in [-0.2, -0.15) is 0 Å². The minimum atomic E-state index is -0.559. The highest BCUT2D eigenvalue weighted by Gasteiger charge is 2.20. The summed E-state index contributed by atoms with van der Waals surface area (Å²) in [6.07, 6.45) is 2.22. The van der Waals surface area contributed by atoms with Gasteiger partial charge in [-0.25, -0.2) is 9.59 Å². The molecule has 0 fully saturated rings. The number of carbonyl (C=O) groups excluding carboxylic acids is 2. The van der Waals surface area contributed by atoms with Crippen molar-refractivity contribution in [2.45, 2.75) is 0 Å². The number of ether oxygens (including phenoxy) is 4. The fourth-order valence-electron chi connectivity index (χ4n) is 3.55. The first-order chi connectivity index (χ1) is 16.0. The molecule has 0 bridgehead atoms. The van der Waals surface area contributed by atoms with Gasteiger partial charge in [0.1, 0.15) is 11.5 Å². The van der Waals surface area contributed by atoms with Gasteiger partial charge in [-0.1, -0.05) is 31.4 Å². The van der Waals surface area contributed by atoms with E-state index in [2.05, 4.69) is 13.2 Å². The van der Waals surface area contributed by atoms with Crippen molar-refractivity contribution in [2.75, 3.05) is 14.2 Å². The summed E-state index contributed by atoms with van der Waals surface area (Å²) in [5, 5.41) is 1.95. The lowest BCUT2D eigenvalue weighted by Gasteiger charge is -2.10. The van der Waals surface area contributed by atoms with Crippen molar-refractivity contribution in [3.8, 4) is 34.1 Å². The van der Waals surface area contributed by atoms with Gasteiger partial charge in [0.05, 0.1) is 23.6 Å². The number of carbonyl (C=O) groups is 2. The second-order valence-corrected chi connectivity index (χ2v) is 7.89. The van der Waals surface area contributed by atoms with Crippen LogP contribution in [0.15, 0.2) is 73.8 Å².